The summed E-state index contributed by atoms with van der Waals surface area (Å²) < 4.78 is 0. The molecule has 0 saturated carbocycles. The molecule has 0 N–H and O–H groups in total. The second-order valence-electron chi connectivity index (χ2n) is 3.52. The normalized spacial score (nSPS) is 13.2. The van der Waals surface area contributed by atoms with Crippen LogP contribution in [-0.4, -0.2) is 30.6 Å². The molecule has 0 atom stereocenters. The Balaban J connectivity index is 4.57. The van der Waals surface area contributed by atoms with E-state index in [0.29, 0.717) is 0 Å². The second kappa shape index (κ2) is 6.01. The maximum Gasteiger partial charge on any atom is 0.00608 e. The average molecular weight is 256 g/mol. The fraction of sp³-hybridized carbons (Fsp3) is 1.00. The Morgan fingerprint density at radius 2 is 0.923 bits per heavy atom. The van der Waals surface area contributed by atoms with Crippen molar-refractivity contribution in [2.24, 2.45) is 0 Å². The first kappa shape index (κ1) is 14.3. The van der Waals surface area contributed by atoms with Gasteiger partial charge < -0.3 is 0 Å². The average Bonchev–Trinajstić information content (AvgIpc) is 2.17. The van der Waals surface area contributed by atoms with E-state index in [0.717, 1.165) is 0 Å². The van der Waals surface area contributed by atoms with Crippen molar-refractivity contribution in [3.63, 3.8) is 0 Å². The van der Waals surface area contributed by atoms with Gasteiger partial charge in [-0.25, -0.2) is 0 Å². The predicted octanol–water partition coefficient (Wildman–Crippen LogP) is 3.98. The van der Waals surface area contributed by atoms with E-state index in [4.69, 9.17) is 23.6 Å². The summed E-state index contributed by atoms with van der Waals surface area (Å²) >= 11 is 11.5. The van der Waals surface area contributed by atoms with E-state index >= 15 is 0 Å². The van der Waals surface area contributed by atoms with Crippen LogP contribution in [0.1, 0.15) is 27.7 Å². The predicted molar refractivity (Wildman–Crippen MR) is 75.6 cm³/mol. The lowest BCUT2D eigenvalue weighted by Gasteiger charge is -2.27. The first-order valence-electron chi connectivity index (χ1n) is 5.09. The van der Waals surface area contributed by atoms with Crippen molar-refractivity contribution in [1.29, 1.82) is 0 Å². The van der Waals surface area contributed by atoms with Crippen molar-refractivity contribution in [1.82, 2.24) is 0 Å². The highest BCUT2D eigenvalue weighted by molar-refractivity contribution is 8.24. The highest BCUT2D eigenvalue weighted by Crippen LogP contribution is 2.61. The molecule has 0 nitrogen and oxygen atoms in total. The maximum absolute atomic E-state index is 5.76. The Labute approximate surface area is 93.9 Å². The molecule has 0 saturated heterocycles. The Bertz CT molecular complexity index is 196. The van der Waals surface area contributed by atoms with Gasteiger partial charge in [-0.15, -0.1) is 0 Å². The minimum Gasteiger partial charge on any atom is -0.0971 e. The maximum atomic E-state index is 5.76. The first-order valence-corrected chi connectivity index (χ1v) is 11.8. The molecule has 0 radical (unpaired) electrons. The van der Waals surface area contributed by atoms with Crippen LogP contribution in [-0.2, 0) is 23.6 Å². The smallest absolute Gasteiger partial charge is 0.00608 e. The van der Waals surface area contributed by atoms with Crippen LogP contribution in [0.15, 0.2) is 0 Å². The van der Waals surface area contributed by atoms with Gasteiger partial charge in [-0.2, -0.15) is 0 Å². The van der Waals surface area contributed by atoms with E-state index < -0.39 is 12.1 Å². The molecule has 0 aliphatic rings. The summed E-state index contributed by atoms with van der Waals surface area (Å²) in [4.78, 5) is 0. The monoisotopic (exact) mass is 256 g/mol. The quantitative estimate of drug-likeness (QED) is 0.659. The molecule has 0 aliphatic heterocycles. The standard InChI is InChI=1S/C9H22P2S2/c1-5-10(12,6-2)9-11(13,7-3)8-4/h5-9H2,1-4H3. The molecule has 0 amide bonds. The fourth-order valence-electron chi connectivity index (χ4n) is 1.32. The number of hydrogen-bond donors (Lipinski definition) is 0. The Kier molecular flexibility index (Phi) is 6.61. The van der Waals surface area contributed by atoms with Gasteiger partial charge in [0.05, 0.1) is 0 Å². The van der Waals surface area contributed by atoms with Gasteiger partial charge >= 0.3 is 0 Å². The fourth-order valence-corrected chi connectivity index (χ4v) is 13.8. The molecule has 0 aromatic carbocycles. The van der Waals surface area contributed by atoms with Gasteiger partial charge in [0.25, 0.3) is 0 Å². The van der Waals surface area contributed by atoms with Crippen LogP contribution in [0.4, 0.5) is 0 Å². The van der Waals surface area contributed by atoms with Crippen LogP contribution < -0.4 is 0 Å². The molecule has 0 unspecified atom stereocenters. The molecular weight excluding hydrogens is 234 g/mol. The molecular formula is C9H22P2S2. The third kappa shape index (κ3) is 4.56. The van der Waals surface area contributed by atoms with Crippen molar-refractivity contribution in [2.45, 2.75) is 27.7 Å². The third-order valence-corrected chi connectivity index (χ3v) is 16.7. The van der Waals surface area contributed by atoms with Crippen molar-refractivity contribution in [2.75, 3.05) is 30.6 Å². The topological polar surface area (TPSA) is 0 Å². The van der Waals surface area contributed by atoms with E-state index in [9.17, 15) is 0 Å². The van der Waals surface area contributed by atoms with Gasteiger partial charge in [-0.3, -0.25) is 0 Å². The molecule has 0 bridgehead atoms. The first-order chi connectivity index (χ1) is 5.95. The largest absolute Gasteiger partial charge is 0.0971 e. The Morgan fingerprint density at radius 3 is 1.08 bits per heavy atom. The van der Waals surface area contributed by atoms with Gasteiger partial charge in [-0.1, -0.05) is 51.3 Å². The van der Waals surface area contributed by atoms with Crippen LogP contribution in [0.5, 0.6) is 0 Å². The molecule has 13 heavy (non-hydrogen) atoms. The van der Waals surface area contributed by atoms with Crippen LogP contribution in [0, 0.1) is 0 Å². The van der Waals surface area contributed by atoms with Crippen molar-refractivity contribution >= 4 is 35.7 Å². The molecule has 0 heterocycles. The van der Waals surface area contributed by atoms with E-state index in [2.05, 4.69) is 27.7 Å². The van der Waals surface area contributed by atoms with Gasteiger partial charge in [0.2, 0.25) is 0 Å². The summed E-state index contributed by atoms with van der Waals surface area (Å²) in [5.74, 6) is 1.24. The summed E-state index contributed by atoms with van der Waals surface area (Å²) in [6, 6.07) is -2.11. The van der Waals surface area contributed by atoms with Gasteiger partial charge in [0.1, 0.15) is 0 Å². The number of rotatable bonds is 6. The van der Waals surface area contributed by atoms with Gasteiger partial charge in [0.15, 0.2) is 0 Å². The Morgan fingerprint density at radius 1 is 0.692 bits per heavy atom. The van der Waals surface area contributed by atoms with E-state index in [1.54, 1.807) is 0 Å². The lowest BCUT2D eigenvalue weighted by atomic mass is 11.0. The molecule has 80 valence electrons. The second-order valence-corrected chi connectivity index (χ2v) is 16.1. The summed E-state index contributed by atoms with van der Waals surface area (Å²) in [7, 11) is 0. The molecule has 0 aromatic rings. The van der Waals surface area contributed by atoms with Gasteiger partial charge in [-0.05, 0) is 36.7 Å². The van der Waals surface area contributed by atoms with Crippen LogP contribution in [0.2, 0.25) is 0 Å². The van der Waals surface area contributed by atoms with Crippen LogP contribution >= 0.6 is 12.1 Å². The lowest BCUT2D eigenvalue weighted by Crippen LogP contribution is -2.00. The number of hydrogen-bond acceptors (Lipinski definition) is 2. The van der Waals surface area contributed by atoms with E-state index in [1.165, 1.54) is 30.6 Å². The molecule has 0 rings (SSSR count). The van der Waals surface area contributed by atoms with Crippen molar-refractivity contribution < 1.29 is 0 Å². The SMILES string of the molecule is CCP(=S)(CC)CP(=S)(CC)CC. The van der Waals surface area contributed by atoms with Crippen LogP contribution in [0.3, 0.4) is 0 Å². The molecule has 0 spiro atoms. The zero-order valence-electron chi connectivity index (χ0n) is 9.25. The minimum atomic E-state index is -1.06. The Hall–Kier alpha value is 1.30. The molecule has 0 aromatic heterocycles. The van der Waals surface area contributed by atoms with E-state index in [1.807, 2.05) is 0 Å². The summed E-state index contributed by atoms with van der Waals surface area (Å²) in [5.41, 5.74) is 0. The highest BCUT2D eigenvalue weighted by Gasteiger charge is 2.21. The highest BCUT2D eigenvalue weighted by atomic mass is 32.5. The molecule has 4 heteroatoms. The van der Waals surface area contributed by atoms with E-state index in [-0.39, 0.29) is 0 Å². The summed E-state index contributed by atoms with van der Waals surface area (Å²) in [6.45, 7) is 8.98. The molecule has 0 fully saturated rings. The minimum absolute atomic E-state index is 1.06. The third-order valence-electron chi connectivity index (χ3n) is 2.82. The summed E-state index contributed by atoms with van der Waals surface area (Å²) in [6.07, 6.45) is 4.82. The zero-order chi connectivity index (χ0) is 10.5. The van der Waals surface area contributed by atoms with Crippen molar-refractivity contribution in [3.8, 4) is 0 Å². The van der Waals surface area contributed by atoms with Crippen LogP contribution in [0.25, 0.3) is 0 Å². The van der Waals surface area contributed by atoms with Crippen molar-refractivity contribution in [3.05, 3.63) is 0 Å². The molecule has 0 aliphatic carbocycles. The lowest BCUT2D eigenvalue weighted by molar-refractivity contribution is 1.37. The zero-order valence-corrected chi connectivity index (χ0v) is 12.7. The van der Waals surface area contributed by atoms with Gasteiger partial charge in [0, 0.05) is 5.90 Å². The summed E-state index contributed by atoms with van der Waals surface area (Å²) in [5, 5.41) is 0.